The van der Waals surface area contributed by atoms with E-state index in [0.29, 0.717) is 51.4 Å². The van der Waals surface area contributed by atoms with Crippen LogP contribution in [-0.2, 0) is 18.9 Å². The number of hydrogen-bond acceptors (Lipinski definition) is 4. The standard InChI is InChI=1S/C13H25ClO4/c1-4-5-16-10-13(15-3)11-18-7-6-17-9-12(2)8-14/h4,12-13H,1,5-11H2,2-3H3. The number of ether oxygens (including phenoxy) is 4. The maximum Gasteiger partial charge on any atom is 0.104 e. The van der Waals surface area contributed by atoms with Crippen molar-refractivity contribution >= 4 is 11.6 Å². The van der Waals surface area contributed by atoms with Crippen molar-refractivity contribution in [3.8, 4) is 0 Å². The summed E-state index contributed by atoms with van der Waals surface area (Å²) in [6, 6.07) is 0. The zero-order chi connectivity index (χ0) is 13.6. The lowest BCUT2D eigenvalue weighted by Gasteiger charge is -2.15. The lowest BCUT2D eigenvalue weighted by atomic mass is 10.2. The summed E-state index contributed by atoms with van der Waals surface area (Å²) in [4.78, 5) is 0. The number of methoxy groups -OCH3 is 1. The van der Waals surface area contributed by atoms with E-state index in [-0.39, 0.29) is 6.10 Å². The lowest BCUT2D eigenvalue weighted by Crippen LogP contribution is -2.25. The van der Waals surface area contributed by atoms with Crippen molar-refractivity contribution in [3.05, 3.63) is 12.7 Å². The summed E-state index contributed by atoms with van der Waals surface area (Å²) in [5.74, 6) is 0.999. The molecule has 0 spiro atoms. The average molecular weight is 281 g/mol. The molecule has 0 saturated carbocycles. The fourth-order valence-corrected chi connectivity index (χ4v) is 1.22. The Hall–Kier alpha value is -0.130. The van der Waals surface area contributed by atoms with E-state index < -0.39 is 0 Å². The molecular formula is C13H25ClO4. The summed E-state index contributed by atoms with van der Waals surface area (Å²) in [5.41, 5.74) is 0. The Morgan fingerprint density at radius 2 is 1.72 bits per heavy atom. The Morgan fingerprint density at radius 3 is 2.28 bits per heavy atom. The summed E-state index contributed by atoms with van der Waals surface area (Å²) in [7, 11) is 1.64. The van der Waals surface area contributed by atoms with Gasteiger partial charge in [-0.2, -0.15) is 0 Å². The van der Waals surface area contributed by atoms with Gasteiger partial charge in [0.1, 0.15) is 6.10 Å². The van der Waals surface area contributed by atoms with E-state index in [9.17, 15) is 0 Å². The number of alkyl halides is 1. The first-order valence-corrected chi connectivity index (χ1v) is 6.70. The van der Waals surface area contributed by atoms with Crippen LogP contribution in [0.1, 0.15) is 6.92 Å². The molecule has 2 atom stereocenters. The predicted molar refractivity (Wildman–Crippen MR) is 73.3 cm³/mol. The first-order chi connectivity index (χ1) is 8.74. The van der Waals surface area contributed by atoms with Crippen LogP contribution in [0, 0.1) is 5.92 Å². The van der Waals surface area contributed by atoms with Crippen molar-refractivity contribution < 1.29 is 18.9 Å². The van der Waals surface area contributed by atoms with E-state index in [1.165, 1.54) is 0 Å². The molecule has 0 fully saturated rings. The van der Waals surface area contributed by atoms with Crippen molar-refractivity contribution in [2.75, 3.05) is 52.6 Å². The minimum atomic E-state index is -0.0493. The summed E-state index contributed by atoms with van der Waals surface area (Å²) in [6.45, 7) is 8.96. The molecule has 18 heavy (non-hydrogen) atoms. The van der Waals surface area contributed by atoms with Gasteiger partial charge in [0, 0.05) is 13.0 Å². The van der Waals surface area contributed by atoms with Crippen LogP contribution in [0.5, 0.6) is 0 Å². The monoisotopic (exact) mass is 280 g/mol. The Balaban J connectivity index is 3.36. The molecule has 0 heterocycles. The van der Waals surface area contributed by atoms with Crippen LogP contribution in [0.4, 0.5) is 0 Å². The molecule has 0 radical (unpaired) electrons. The molecule has 0 aromatic heterocycles. The second kappa shape index (κ2) is 13.3. The highest BCUT2D eigenvalue weighted by Crippen LogP contribution is 1.98. The molecule has 0 rings (SSSR count). The van der Waals surface area contributed by atoms with Crippen molar-refractivity contribution in [1.82, 2.24) is 0 Å². The first-order valence-electron chi connectivity index (χ1n) is 6.17. The van der Waals surface area contributed by atoms with Gasteiger partial charge in [-0.25, -0.2) is 0 Å². The molecule has 0 aliphatic carbocycles. The minimum Gasteiger partial charge on any atom is -0.379 e. The van der Waals surface area contributed by atoms with E-state index in [1.54, 1.807) is 13.2 Å². The van der Waals surface area contributed by atoms with Crippen molar-refractivity contribution in [3.63, 3.8) is 0 Å². The van der Waals surface area contributed by atoms with Crippen molar-refractivity contribution in [2.45, 2.75) is 13.0 Å². The fourth-order valence-electron chi connectivity index (χ4n) is 1.13. The maximum absolute atomic E-state index is 5.66. The van der Waals surface area contributed by atoms with Gasteiger partial charge in [-0.3, -0.25) is 0 Å². The second-order valence-corrected chi connectivity index (χ2v) is 4.40. The highest BCUT2D eigenvalue weighted by Gasteiger charge is 2.07. The molecule has 0 aliphatic heterocycles. The van der Waals surface area contributed by atoms with Crippen LogP contribution >= 0.6 is 11.6 Å². The van der Waals surface area contributed by atoms with Crippen LogP contribution in [0.15, 0.2) is 12.7 Å². The van der Waals surface area contributed by atoms with Crippen LogP contribution in [0.2, 0.25) is 0 Å². The third-order valence-corrected chi connectivity index (χ3v) is 2.74. The third kappa shape index (κ3) is 11.0. The molecule has 0 aliphatic rings. The summed E-state index contributed by atoms with van der Waals surface area (Å²) in [5, 5.41) is 0. The van der Waals surface area contributed by atoms with Gasteiger partial charge in [-0.15, -0.1) is 18.2 Å². The summed E-state index contributed by atoms with van der Waals surface area (Å²) >= 11 is 5.66. The number of rotatable bonds is 13. The second-order valence-electron chi connectivity index (χ2n) is 4.09. The highest BCUT2D eigenvalue weighted by atomic mass is 35.5. The van der Waals surface area contributed by atoms with Gasteiger partial charge in [0.15, 0.2) is 0 Å². The van der Waals surface area contributed by atoms with Crippen LogP contribution in [-0.4, -0.2) is 58.7 Å². The van der Waals surface area contributed by atoms with Gasteiger partial charge in [0.25, 0.3) is 0 Å². The maximum atomic E-state index is 5.66. The normalized spacial score (nSPS) is 14.4. The van der Waals surface area contributed by atoms with Gasteiger partial charge in [0.2, 0.25) is 0 Å². The van der Waals surface area contributed by atoms with Crippen LogP contribution in [0.25, 0.3) is 0 Å². The van der Waals surface area contributed by atoms with E-state index in [1.807, 2.05) is 6.92 Å². The largest absolute Gasteiger partial charge is 0.379 e. The van der Waals surface area contributed by atoms with Crippen molar-refractivity contribution in [1.29, 1.82) is 0 Å². The summed E-state index contributed by atoms with van der Waals surface area (Å²) < 4.78 is 21.4. The van der Waals surface area contributed by atoms with Gasteiger partial charge < -0.3 is 18.9 Å². The Morgan fingerprint density at radius 1 is 1.11 bits per heavy atom. The zero-order valence-electron chi connectivity index (χ0n) is 11.4. The van der Waals surface area contributed by atoms with Crippen LogP contribution in [0.3, 0.4) is 0 Å². The summed E-state index contributed by atoms with van der Waals surface area (Å²) in [6.07, 6.45) is 1.66. The molecule has 0 amide bonds. The average Bonchev–Trinajstić information content (AvgIpc) is 2.40. The number of halogens is 1. The third-order valence-electron chi connectivity index (χ3n) is 2.21. The Bertz CT molecular complexity index is 190. The SMILES string of the molecule is C=CCOCC(COCCOCC(C)CCl)OC. The fraction of sp³-hybridized carbons (Fsp3) is 0.846. The lowest BCUT2D eigenvalue weighted by molar-refractivity contribution is -0.0476. The molecule has 0 aromatic rings. The van der Waals surface area contributed by atoms with Crippen LogP contribution < -0.4 is 0 Å². The van der Waals surface area contributed by atoms with Gasteiger partial charge in [-0.05, 0) is 5.92 Å². The predicted octanol–water partition coefficient (Wildman–Crippen LogP) is 2.11. The Labute approximate surface area is 115 Å². The molecular weight excluding hydrogens is 256 g/mol. The number of hydrogen-bond donors (Lipinski definition) is 0. The molecule has 0 bridgehead atoms. The van der Waals surface area contributed by atoms with E-state index in [2.05, 4.69) is 6.58 Å². The van der Waals surface area contributed by atoms with Gasteiger partial charge in [0.05, 0.1) is 39.6 Å². The molecule has 2 unspecified atom stereocenters. The molecule has 0 aromatic carbocycles. The smallest absolute Gasteiger partial charge is 0.104 e. The van der Waals surface area contributed by atoms with E-state index in [4.69, 9.17) is 30.5 Å². The first kappa shape index (κ1) is 17.9. The van der Waals surface area contributed by atoms with E-state index in [0.717, 1.165) is 0 Å². The topological polar surface area (TPSA) is 36.9 Å². The minimum absolute atomic E-state index is 0.0493. The van der Waals surface area contributed by atoms with Gasteiger partial charge >= 0.3 is 0 Å². The Kier molecular flexibility index (Phi) is 13.2. The molecule has 0 saturated heterocycles. The molecule has 108 valence electrons. The quantitative estimate of drug-likeness (QED) is 0.294. The zero-order valence-corrected chi connectivity index (χ0v) is 12.2. The van der Waals surface area contributed by atoms with E-state index >= 15 is 0 Å². The molecule has 5 heteroatoms. The van der Waals surface area contributed by atoms with Gasteiger partial charge in [-0.1, -0.05) is 13.0 Å². The molecule has 0 N–H and O–H groups in total. The molecule has 4 nitrogen and oxygen atoms in total. The van der Waals surface area contributed by atoms with Crippen molar-refractivity contribution in [2.24, 2.45) is 5.92 Å². The highest BCUT2D eigenvalue weighted by molar-refractivity contribution is 6.18.